The molecule has 0 saturated carbocycles. The second kappa shape index (κ2) is 6.66. The number of fused-ring (bicyclic) bond motifs is 1. The van der Waals surface area contributed by atoms with Crippen molar-refractivity contribution in [2.24, 2.45) is 0 Å². The van der Waals surface area contributed by atoms with E-state index in [4.69, 9.17) is 4.74 Å². The number of hydrogen-bond acceptors (Lipinski definition) is 4. The van der Waals surface area contributed by atoms with Gasteiger partial charge in [-0.25, -0.2) is 9.78 Å². The fraction of sp³-hybridized carbons (Fsp3) is 0.211. The summed E-state index contributed by atoms with van der Waals surface area (Å²) >= 11 is 0. The summed E-state index contributed by atoms with van der Waals surface area (Å²) in [5, 5.41) is 0.556. The molecule has 0 aliphatic rings. The molecule has 0 N–H and O–H groups in total. The van der Waals surface area contributed by atoms with Crippen molar-refractivity contribution in [3.05, 3.63) is 75.8 Å². The summed E-state index contributed by atoms with van der Waals surface area (Å²) in [5.41, 5.74) is 3.20. The third-order valence-corrected chi connectivity index (χ3v) is 4.04. The Kier molecular flexibility index (Phi) is 4.42. The smallest absolute Gasteiger partial charge is 0.338 e. The summed E-state index contributed by atoms with van der Waals surface area (Å²) in [6, 6.07) is 12.6. The lowest BCUT2D eigenvalue weighted by atomic mass is 10.1. The summed E-state index contributed by atoms with van der Waals surface area (Å²) in [7, 11) is 0. The Morgan fingerprint density at radius 3 is 2.71 bits per heavy atom. The molecule has 0 unspecified atom stereocenters. The first-order valence-electron chi connectivity index (χ1n) is 7.75. The molecule has 0 aliphatic heterocycles. The quantitative estimate of drug-likeness (QED) is 0.693. The maximum Gasteiger partial charge on any atom is 0.338 e. The molecule has 1 heterocycles. The standard InChI is InChI=1S/C19H18N2O3/c1-13-7-8-15(11-14(13)2)19(23)24-10-9-21-12-20-17-6-4-3-5-16(17)18(21)22/h3-8,11-12H,9-10H2,1-2H3. The molecule has 0 atom stereocenters. The number of rotatable bonds is 4. The number of aromatic nitrogens is 2. The number of ether oxygens (including phenoxy) is 1. The van der Waals surface area contributed by atoms with Crippen LogP contribution >= 0.6 is 0 Å². The van der Waals surface area contributed by atoms with E-state index in [9.17, 15) is 9.59 Å². The summed E-state index contributed by atoms with van der Waals surface area (Å²) in [6.45, 7) is 4.33. The van der Waals surface area contributed by atoms with E-state index in [-0.39, 0.29) is 24.7 Å². The van der Waals surface area contributed by atoms with Crippen LogP contribution in [0.5, 0.6) is 0 Å². The summed E-state index contributed by atoms with van der Waals surface area (Å²) < 4.78 is 6.72. The number of carbonyl (C=O) groups is 1. The number of esters is 1. The van der Waals surface area contributed by atoms with Gasteiger partial charge >= 0.3 is 5.97 Å². The molecule has 0 saturated heterocycles. The maximum absolute atomic E-state index is 12.3. The minimum Gasteiger partial charge on any atom is -0.460 e. The maximum atomic E-state index is 12.3. The van der Waals surface area contributed by atoms with E-state index in [1.54, 1.807) is 30.3 Å². The van der Waals surface area contributed by atoms with E-state index in [0.717, 1.165) is 11.1 Å². The molecule has 0 aliphatic carbocycles. The van der Waals surface area contributed by atoms with Gasteiger partial charge in [0, 0.05) is 0 Å². The van der Waals surface area contributed by atoms with E-state index in [0.29, 0.717) is 16.5 Å². The Morgan fingerprint density at radius 2 is 1.92 bits per heavy atom. The molecule has 122 valence electrons. The molecule has 2 aromatic carbocycles. The largest absolute Gasteiger partial charge is 0.460 e. The van der Waals surface area contributed by atoms with Crippen molar-refractivity contribution < 1.29 is 9.53 Å². The topological polar surface area (TPSA) is 61.2 Å². The first-order chi connectivity index (χ1) is 11.6. The fourth-order valence-electron chi connectivity index (χ4n) is 2.45. The van der Waals surface area contributed by atoms with Crippen LogP contribution in [0.15, 0.2) is 53.6 Å². The molecule has 0 bridgehead atoms. The van der Waals surface area contributed by atoms with Crippen LogP contribution in [-0.2, 0) is 11.3 Å². The molecule has 0 radical (unpaired) electrons. The summed E-state index contributed by atoms with van der Waals surface area (Å²) in [6.07, 6.45) is 1.48. The average Bonchev–Trinajstić information content (AvgIpc) is 2.59. The highest BCUT2D eigenvalue weighted by Gasteiger charge is 2.09. The second-order valence-corrected chi connectivity index (χ2v) is 5.70. The number of aryl methyl sites for hydroxylation is 2. The molecule has 5 heteroatoms. The fourth-order valence-corrected chi connectivity index (χ4v) is 2.45. The van der Waals surface area contributed by atoms with Crippen molar-refractivity contribution in [3.8, 4) is 0 Å². The Labute approximate surface area is 139 Å². The Hall–Kier alpha value is -2.95. The van der Waals surface area contributed by atoms with Crippen LogP contribution in [0.4, 0.5) is 0 Å². The molecular formula is C19H18N2O3. The molecule has 0 amide bonds. The molecule has 0 fully saturated rings. The lowest BCUT2D eigenvalue weighted by Crippen LogP contribution is -2.23. The average molecular weight is 322 g/mol. The van der Waals surface area contributed by atoms with Crippen molar-refractivity contribution in [1.29, 1.82) is 0 Å². The monoisotopic (exact) mass is 322 g/mol. The molecular weight excluding hydrogens is 304 g/mol. The van der Waals surface area contributed by atoms with Crippen molar-refractivity contribution in [1.82, 2.24) is 9.55 Å². The van der Waals surface area contributed by atoms with Gasteiger partial charge in [0.2, 0.25) is 0 Å². The second-order valence-electron chi connectivity index (χ2n) is 5.70. The number of nitrogens with zero attached hydrogens (tertiary/aromatic N) is 2. The van der Waals surface area contributed by atoms with E-state index < -0.39 is 0 Å². The van der Waals surface area contributed by atoms with Gasteiger partial charge < -0.3 is 4.74 Å². The predicted octanol–water partition coefficient (Wildman–Crippen LogP) is 2.87. The Balaban J connectivity index is 1.68. The molecule has 24 heavy (non-hydrogen) atoms. The highest BCUT2D eigenvalue weighted by molar-refractivity contribution is 5.89. The van der Waals surface area contributed by atoms with Crippen molar-refractivity contribution in [2.45, 2.75) is 20.4 Å². The van der Waals surface area contributed by atoms with Crippen LogP contribution in [0.1, 0.15) is 21.5 Å². The van der Waals surface area contributed by atoms with E-state index in [1.807, 2.05) is 26.0 Å². The van der Waals surface area contributed by atoms with E-state index in [2.05, 4.69) is 4.98 Å². The van der Waals surface area contributed by atoms with Gasteiger partial charge in [-0.1, -0.05) is 18.2 Å². The van der Waals surface area contributed by atoms with Crippen LogP contribution in [0.2, 0.25) is 0 Å². The third-order valence-electron chi connectivity index (χ3n) is 4.04. The van der Waals surface area contributed by atoms with Gasteiger partial charge in [0.25, 0.3) is 5.56 Å². The minimum atomic E-state index is -0.389. The Bertz CT molecular complexity index is 960. The SMILES string of the molecule is Cc1ccc(C(=O)OCCn2cnc3ccccc3c2=O)cc1C. The van der Waals surface area contributed by atoms with Gasteiger partial charge in [-0.3, -0.25) is 9.36 Å². The first kappa shape index (κ1) is 15.9. The van der Waals surface area contributed by atoms with Crippen LogP contribution in [0.25, 0.3) is 10.9 Å². The van der Waals surface area contributed by atoms with Crippen LogP contribution in [-0.4, -0.2) is 22.1 Å². The van der Waals surface area contributed by atoms with Gasteiger partial charge in [0.1, 0.15) is 6.61 Å². The van der Waals surface area contributed by atoms with Gasteiger partial charge in [-0.05, 0) is 49.2 Å². The van der Waals surface area contributed by atoms with E-state index >= 15 is 0 Å². The third kappa shape index (κ3) is 3.20. The lowest BCUT2D eigenvalue weighted by molar-refractivity contribution is 0.0490. The number of benzene rings is 2. The Morgan fingerprint density at radius 1 is 1.12 bits per heavy atom. The molecule has 3 rings (SSSR count). The predicted molar refractivity (Wildman–Crippen MR) is 92.2 cm³/mol. The summed E-state index contributed by atoms with van der Waals surface area (Å²) in [5.74, 6) is -0.389. The molecule has 0 spiro atoms. The molecule has 5 nitrogen and oxygen atoms in total. The highest BCUT2D eigenvalue weighted by atomic mass is 16.5. The zero-order valence-electron chi connectivity index (χ0n) is 13.7. The van der Waals surface area contributed by atoms with Crippen molar-refractivity contribution >= 4 is 16.9 Å². The number of para-hydroxylation sites is 1. The van der Waals surface area contributed by atoms with Crippen LogP contribution < -0.4 is 5.56 Å². The summed E-state index contributed by atoms with van der Waals surface area (Å²) in [4.78, 5) is 28.7. The minimum absolute atomic E-state index is 0.117. The normalized spacial score (nSPS) is 10.8. The number of hydrogen-bond donors (Lipinski definition) is 0. The van der Waals surface area contributed by atoms with E-state index in [1.165, 1.54) is 10.9 Å². The molecule has 1 aromatic heterocycles. The first-order valence-corrected chi connectivity index (χ1v) is 7.75. The lowest BCUT2D eigenvalue weighted by Gasteiger charge is -2.09. The van der Waals surface area contributed by atoms with Gasteiger partial charge in [-0.2, -0.15) is 0 Å². The van der Waals surface area contributed by atoms with Gasteiger partial charge in [-0.15, -0.1) is 0 Å². The van der Waals surface area contributed by atoms with Crippen LogP contribution in [0.3, 0.4) is 0 Å². The van der Waals surface area contributed by atoms with Gasteiger partial charge in [0.15, 0.2) is 0 Å². The highest BCUT2D eigenvalue weighted by Crippen LogP contribution is 2.11. The zero-order chi connectivity index (χ0) is 17.1. The van der Waals surface area contributed by atoms with Crippen molar-refractivity contribution in [2.75, 3.05) is 6.61 Å². The molecule has 3 aromatic rings. The van der Waals surface area contributed by atoms with Crippen LogP contribution in [0, 0.1) is 13.8 Å². The van der Waals surface area contributed by atoms with Crippen molar-refractivity contribution in [3.63, 3.8) is 0 Å². The zero-order valence-corrected chi connectivity index (χ0v) is 13.7. The number of carbonyl (C=O) groups excluding carboxylic acids is 1. The van der Waals surface area contributed by atoms with Gasteiger partial charge in [0.05, 0.1) is 29.3 Å².